The van der Waals surface area contributed by atoms with Crippen molar-refractivity contribution in [1.29, 1.82) is 0 Å². The lowest BCUT2D eigenvalue weighted by molar-refractivity contribution is 0.602. The fourth-order valence-electron chi connectivity index (χ4n) is 0.986. The molecule has 0 atom stereocenters. The Morgan fingerprint density at radius 1 is 1.27 bits per heavy atom. The first-order valence-corrected chi connectivity index (χ1v) is 6.16. The van der Waals surface area contributed by atoms with Gasteiger partial charge in [0.15, 0.2) is 5.82 Å². The van der Waals surface area contributed by atoms with Crippen LogP contribution in [0.15, 0.2) is 29.7 Å². The zero-order valence-electron chi connectivity index (χ0n) is 7.25. The van der Waals surface area contributed by atoms with E-state index in [1.165, 1.54) is 0 Å². The minimum Gasteiger partial charge on any atom is -0.265 e. The maximum absolute atomic E-state index is 10.9. The summed E-state index contributed by atoms with van der Waals surface area (Å²) in [5, 5.41) is 5.60. The molecule has 0 saturated heterocycles. The lowest BCUT2D eigenvalue weighted by Gasteiger charge is -1.90. The topological polar surface area (TPSA) is 88.6 Å². The van der Waals surface area contributed by atoms with E-state index < -0.39 is 9.05 Å². The summed E-state index contributed by atoms with van der Waals surface area (Å²) in [4.78, 5) is 7.55. The van der Waals surface area contributed by atoms with E-state index in [0.717, 1.165) is 0 Å². The molecule has 0 bridgehead atoms. The Kier molecular flexibility index (Phi) is 2.41. The quantitative estimate of drug-likeness (QED) is 0.789. The van der Waals surface area contributed by atoms with Crippen LogP contribution in [-0.4, -0.2) is 28.6 Å². The van der Waals surface area contributed by atoms with E-state index in [9.17, 15) is 8.42 Å². The standard InChI is InChI=1S/C7H5ClN4O2S/c8-15(13,14)7-10-6(11-12-7)5-1-3-9-4-2-5/h1-4H,(H,10,11,12). The summed E-state index contributed by atoms with van der Waals surface area (Å²) in [5.74, 6) is 0.261. The molecule has 0 aliphatic rings. The van der Waals surface area contributed by atoms with Gasteiger partial charge in [0.25, 0.3) is 14.2 Å². The fraction of sp³-hybridized carbons (Fsp3) is 0. The van der Waals surface area contributed by atoms with Crippen molar-refractivity contribution in [3.05, 3.63) is 24.5 Å². The van der Waals surface area contributed by atoms with Crippen LogP contribution in [0.2, 0.25) is 0 Å². The molecule has 15 heavy (non-hydrogen) atoms. The van der Waals surface area contributed by atoms with Crippen LogP contribution in [0.4, 0.5) is 0 Å². The van der Waals surface area contributed by atoms with Crippen LogP contribution >= 0.6 is 10.7 Å². The molecule has 0 unspecified atom stereocenters. The molecule has 2 aromatic heterocycles. The lowest BCUT2D eigenvalue weighted by atomic mass is 10.3. The van der Waals surface area contributed by atoms with Crippen molar-refractivity contribution in [1.82, 2.24) is 20.2 Å². The Bertz CT molecular complexity index is 566. The maximum atomic E-state index is 10.9. The lowest BCUT2D eigenvalue weighted by Crippen LogP contribution is -1.92. The number of H-pyrrole nitrogens is 1. The van der Waals surface area contributed by atoms with E-state index in [0.29, 0.717) is 5.56 Å². The molecular formula is C7H5ClN4O2S. The van der Waals surface area contributed by atoms with Crippen LogP contribution in [0.3, 0.4) is 0 Å². The van der Waals surface area contributed by atoms with Gasteiger partial charge in [-0.2, -0.15) is 10.1 Å². The van der Waals surface area contributed by atoms with Crippen LogP contribution < -0.4 is 0 Å². The van der Waals surface area contributed by atoms with Crippen molar-refractivity contribution in [2.45, 2.75) is 5.16 Å². The molecule has 0 radical (unpaired) electrons. The first-order chi connectivity index (χ1) is 7.07. The largest absolute Gasteiger partial charge is 0.296 e. The zero-order valence-corrected chi connectivity index (χ0v) is 8.83. The number of nitrogens with zero attached hydrogens (tertiary/aromatic N) is 3. The Balaban J connectivity index is 2.46. The Labute approximate surface area is 89.8 Å². The molecule has 0 saturated carbocycles. The highest BCUT2D eigenvalue weighted by Crippen LogP contribution is 2.16. The van der Waals surface area contributed by atoms with Gasteiger partial charge in [0.05, 0.1) is 0 Å². The summed E-state index contributed by atoms with van der Waals surface area (Å²) >= 11 is 0. The number of aromatic nitrogens is 4. The third kappa shape index (κ3) is 2.13. The van der Waals surface area contributed by atoms with Crippen molar-refractivity contribution in [3.8, 4) is 11.4 Å². The molecule has 0 aliphatic heterocycles. The van der Waals surface area contributed by atoms with Gasteiger partial charge in [-0.1, -0.05) is 0 Å². The molecule has 0 amide bonds. The average Bonchev–Trinajstić information content (AvgIpc) is 2.67. The van der Waals surface area contributed by atoms with Gasteiger partial charge in [0, 0.05) is 28.6 Å². The molecule has 78 valence electrons. The normalized spacial score (nSPS) is 11.5. The average molecular weight is 245 g/mol. The first-order valence-electron chi connectivity index (χ1n) is 3.85. The highest BCUT2D eigenvalue weighted by molar-refractivity contribution is 8.13. The third-order valence-corrected chi connectivity index (χ3v) is 2.72. The summed E-state index contributed by atoms with van der Waals surface area (Å²) in [6.45, 7) is 0. The van der Waals surface area contributed by atoms with E-state index in [-0.39, 0.29) is 11.0 Å². The van der Waals surface area contributed by atoms with Crippen LogP contribution in [0.1, 0.15) is 0 Å². The van der Waals surface area contributed by atoms with Crippen LogP contribution in [0.25, 0.3) is 11.4 Å². The Morgan fingerprint density at radius 3 is 2.47 bits per heavy atom. The number of halogens is 1. The van der Waals surface area contributed by atoms with Crippen LogP contribution in [0.5, 0.6) is 0 Å². The van der Waals surface area contributed by atoms with Gasteiger partial charge >= 0.3 is 0 Å². The first kappa shape index (κ1) is 10.1. The van der Waals surface area contributed by atoms with Gasteiger partial charge in [0.2, 0.25) is 0 Å². The van der Waals surface area contributed by atoms with E-state index in [1.54, 1.807) is 24.5 Å². The molecule has 1 N–H and O–H groups in total. The van der Waals surface area contributed by atoms with E-state index >= 15 is 0 Å². The summed E-state index contributed by atoms with van der Waals surface area (Å²) in [6, 6.07) is 3.32. The SMILES string of the molecule is O=S(=O)(Cl)c1nc(-c2ccncc2)n[nH]1. The van der Waals surface area contributed by atoms with Gasteiger partial charge in [-0.25, -0.2) is 13.5 Å². The van der Waals surface area contributed by atoms with Gasteiger partial charge in [-0.15, -0.1) is 0 Å². The maximum Gasteiger partial charge on any atom is 0.296 e. The number of rotatable bonds is 2. The van der Waals surface area contributed by atoms with E-state index in [4.69, 9.17) is 10.7 Å². The van der Waals surface area contributed by atoms with Crippen LogP contribution in [0, 0.1) is 0 Å². The smallest absolute Gasteiger partial charge is 0.265 e. The van der Waals surface area contributed by atoms with Gasteiger partial charge in [-0.05, 0) is 12.1 Å². The number of nitrogens with one attached hydrogen (secondary N) is 1. The molecule has 2 rings (SSSR count). The van der Waals surface area contributed by atoms with Crippen molar-refractivity contribution in [3.63, 3.8) is 0 Å². The molecular weight excluding hydrogens is 240 g/mol. The van der Waals surface area contributed by atoms with E-state index in [1.807, 2.05) is 0 Å². The molecule has 0 fully saturated rings. The molecule has 2 heterocycles. The minimum atomic E-state index is -3.86. The summed E-state index contributed by atoms with van der Waals surface area (Å²) < 4.78 is 21.8. The molecule has 2 aromatic rings. The second kappa shape index (κ2) is 3.59. The van der Waals surface area contributed by atoms with Crippen molar-refractivity contribution < 1.29 is 8.42 Å². The predicted molar refractivity (Wildman–Crippen MR) is 52.7 cm³/mol. The zero-order chi connectivity index (χ0) is 10.9. The summed E-state index contributed by atoms with van der Waals surface area (Å²) in [7, 11) is 1.22. The molecule has 0 spiro atoms. The highest BCUT2D eigenvalue weighted by Gasteiger charge is 2.16. The fourth-order valence-corrected chi connectivity index (χ4v) is 1.54. The summed E-state index contributed by atoms with van der Waals surface area (Å²) in [6.07, 6.45) is 3.11. The van der Waals surface area contributed by atoms with Gasteiger partial charge in [-0.3, -0.25) is 4.98 Å². The van der Waals surface area contributed by atoms with Crippen molar-refractivity contribution in [2.24, 2.45) is 0 Å². The number of aromatic amines is 1. The third-order valence-electron chi connectivity index (χ3n) is 1.63. The molecule has 0 aromatic carbocycles. The molecule has 6 nitrogen and oxygen atoms in total. The Morgan fingerprint density at radius 2 is 1.93 bits per heavy atom. The predicted octanol–water partition coefficient (Wildman–Crippen LogP) is 0.794. The second-order valence-electron chi connectivity index (χ2n) is 2.64. The monoisotopic (exact) mass is 244 g/mol. The number of hydrogen-bond donors (Lipinski definition) is 1. The number of pyridine rings is 1. The van der Waals surface area contributed by atoms with Crippen molar-refractivity contribution >= 4 is 19.7 Å². The molecule has 8 heteroatoms. The summed E-state index contributed by atoms with van der Waals surface area (Å²) in [5.41, 5.74) is 0.660. The van der Waals surface area contributed by atoms with E-state index in [2.05, 4.69) is 20.2 Å². The number of hydrogen-bond acceptors (Lipinski definition) is 5. The van der Waals surface area contributed by atoms with Gasteiger partial charge in [0.1, 0.15) is 0 Å². The van der Waals surface area contributed by atoms with Crippen LogP contribution in [-0.2, 0) is 9.05 Å². The highest BCUT2D eigenvalue weighted by atomic mass is 35.7. The van der Waals surface area contributed by atoms with Crippen molar-refractivity contribution in [2.75, 3.05) is 0 Å². The van der Waals surface area contributed by atoms with Gasteiger partial charge < -0.3 is 0 Å². The molecule has 0 aliphatic carbocycles. The Hall–Kier alpha value is -1.47. The second-order valence-corrected chi connectivity index (χ2v) is 5.12. The minimum absolute atomic E-state index is 0.261.